The SMILES string of the molecule is O=C(N/N=C/C#Cc1ccccc1)c1ccccc1[N+](=O)[O-]. The standard InChI is InChI=1S/C16H11N3O3/c20-16(14-10-4-5-11-15(14)19(21)22)18-17-12-6-9-13-7-2-1-3-8-13/h1-5,7-8,10-12H,(H,18,20)/b17-12+. The molecule has 108 valence electrons. The number of nitro groups is 1. The van der Waals surface area contributed by atoms with Crippen LogP contribution >= 0.6 is 0 Å². The smallest absolute Gasteiger partial charge is 0.267 e. The lowest BCUT2D eigenvalue weighted by atomic mass is 10.2. The van der Waals surface area contributed by atoms with Crippen LogP contribution in [-0.2, 0) is 0 Å². The number of nitrogens with one attached hydrogen (secondary N) is 1. The van der Waals surface area contributed by atoms with E-state index in [0.29, 0.717) is 0 Å². The highest BCUT2D eigenvalue weighted by Crippen LogP contribution is 2.17. The first-order valence-corrected chi connectivity index (χ1v) is 6.30. The third-order valence-electron chi connectivity index (χ3n) is 2.63. The van der Waals surface area contributed by atoms with E-state index in [1.165, 1.54) is 24.4 Å². The van der Waals surface area contributed by atoms with Crippen LogP contribution in [0.1, 0.15) is 15.9 Å². The van der Waals surface area contributed by atoms with Gasteiger partial charge in [-0.15, -0.1) is 0 Å². The van der Waals surface area contributed by atoms with Crippen LogP contribution in [0.3, 0.4) is 0 Å². The van der Waals surface area contributed by atoms with E-state index in [4.69, 9.17) is 0 Å². The number of benzene rings is 2. The van der Waals surface area contributed by atoms with E-state index >= 15 is 0 Å². The van der Waals surface area contributed by atoms with E-state index in [-0.39, 0.29) is 11.3 Å². The minimum Gasteiger partial charge on any atom is -0.267 e. The highest BCUT2D eigenvalue weighted by molar-refractivity contribution is 5.98. The first-order chi connectivity index (χ1) is 10.7. The number of hydrazone groups is 1. The number of nitro benzene ring substituents is 1. The molecule has 0 aliphatic carbocycles. The van der Waals surface area contributed by atoms with Gasteiger partial charge in [-0.3, -0.25) is 14.9 Å². The number of rotatable bonds is 3. The Balaban J connectivity index is 2.01. The van der Waals surface area contributed by atoms with E-state index in [2.05, 4.69) is 22.4 Å². The summed E-state index contributed by atoms with van der Waals surface area (Å²) in [7, 11) is 0. The Morgan fingerprint density at radius 2 is 1.82 bits per heavy atom. The van der Waals surface area contributed by atoms with Crippen molar-refractivity contribution in [2.45, 2.75) is 0 Å². The predicted molar refractivity (Wildman–Crippen MR) is 82.4 cm³/mol. The molecule has 0 unspecified atom stereocenters. The Hall–Kier alpha value is -3.46. The predicted octanol–water partition coefficient (Wildman–Crippen LogP) is 2.36. The molecule has 2 rings (SSSR count). The highest BCUT2D eigenvalue weighted by Gasteiger charge is 2.18. The summed E-state index contributed by atoms with van der Waals surface area (Å²) in [5.41, 5.74) is 2.69. The lowest BCUT2D eigenvalue weighted by molar-refractivity contribution is -0.385. The topological polar surface area (TPSA) is 84.6 Å². The second-order valence-electron chi connectivity index (χ2n) is 4.11. The lowest BCUT2D eigenvalue weighted by Gasteiger charge is -2.00. The van der Waals surface area contributed by atoms with Crippen molar-refractivity contribution < 1.29 is 9.72 Å². The van der Waals surface area contributed by atoms with E-state index in [1.54, 1.807) is 6.07 Å². The van der Waals surface area contributed by atoms with Crippen molar-refractivity contribution in [3.05, 3.63) is 75.8 Å². The average Bonchev–Trinajstić information content (AvgIpc) is 2.55. The van der Waals surface area contributed by atoms with E-state index in [0.717, 1.165) is 5.56 Å². The minimum absolute atomic E-state index is 0.0549. The molecule has 22 heavy (non-hydrogen) atoms. The third kappa shape index (κ3) is 4.02. The van der Waals surface area contributed by atoms with Gasteiger partial charge in [0.25, 0.3) is 11.6 Å². The van der Waals surface area contributed by atoms with Gasteiger partial charge in [-0.25, -0.2) is 5.43 Å². The fraction of sp³-hybridized carbons (Fsp3) is 0. The first-order valence-electron chi connectivity index (χ1n) is 6.30. The molecule has 1 N–H and O–H groups in total. The summed E-state index contributed by atoms with van der Waals surface area (Å²) in [4.78, 5) is 22.0. The number of hydrogen-bond donors (Lipinski definition) is 1. The van der Waals surface area contributed by atoms with Crippen molar-refractivity contribution >= 4 is 17.8 Å². The van der Waals surface area contributed by atoms with Crippen LogP contribution < -0.4 is 5.43 Å². The van der Waals surface area contributed by atoms with Gasteiger partial charge in [0.1, 0.15) is 5.56 Å². The number of hydrogen-bond acceptors (Lipinski definition) is 4. The molecule has 0 radical (unpaired) electrons. The summed E-state index contributed by atoms with van der Waals surface area (Å²) in [5, 5.41) is 14.5. The summed E-state index contributed by atoms with van der Waals surface area (Å²) in [6.07, 6.45) is 1.22. The molecule has 0 heterocycles. The maximum Gasteiger partial charge on any atom is 0.282 e. The van der Waals surface area contributed by atoms with Crippen LogP contribution in [0.2, 0.25) is 0 Å². The minimum atomic E-state index is -0.662. The number of amides is 1. The van der Waals surface area contributed by atoms with E-state index in [1.807, 2.05) is 30.3 Å². The zero-order valence-corrected chi connectivity index (χ0v) is 11.4. The molecule has 0 bridgehead atoms. The van der Waals surface area contributed by atoms with Crippen LogP contribution in [-0.4, -0.2) is 17.0 Å². The van der Waals surface area contributed by atoms with Gasteiger partial charge < -0.3 is 0 Å². The summed E-state index contributed by atoms with van der Waals surface area (Å²) in [6.45, 7) is 0. The largest absolute Gasteiger partial charge is 0.282 e. The molecule has 0 aromatic heterocycles. The second kappa shape index (κ2) is 7.36. The highest BCUT2D eigenvalue weighted by atomic mass is 16.6. The number of para-hydroxylation sites is 1. The van der Waals surface area contributed by atoms with Gasteiger partial charge in [-0.1, -0.05) is 36.3 Å². The fourth-order valence-corrected chi connectivity index (χ4v) is 1.65. The molecule has 1 amide bonds. The van der Waals surface area contributed by atoms with Gasteiger partial charge in [-0.05, 0) is 24.1 Å². The molecule has 0 saturated heterocycles. The molecule has 2 aromatic carbocycles. The Morgan fingerprint density at radius 3 is 2.55 bits per heavy atom. The van der Waals surface area contributed by atoms with Gasteiger partial charge >= 0.3 is 0 Å². The molecule has 0 fully saturated rings. The number of carbonyl (C=O) groups excluding carboxylic acids is 1. The fourth-order valence-electron chi connectivity index (χ4n) is 1.65. The van der Waals surface area contributed by atoms with Crippen LogP contribution in [0, 0.1) is 22.0 Å². The van der Waals surface area contributed by atoms with Gasteiger partial charge in [0.2, 0.25) is 0 Å². The second-order valence-corrected chi connectivity index (χ2v) is 4.11. The normalized spacial score (nSPS) is 9.82. The van der Waals surface area contributed by atoms with Crippen molar-refractivity contribution in [2.75, 3.05) is 0 Å². The van der Waals surface area contributed by atoms with Crippen molar-refractivity contribution in [3.63, 3.8) is 0 Å². The molecule has 0 aliphatic rings. The zero-order valence-electron chi connectivity index (χ0n) is 11.4. The van der Waals surface area contributed by atoms with Crippen LogP contribution in [0.5, 0.6) is 0 Å². The van der Waals surface area contributed by atoms with Crippen LogP contribution in [0.4, 0.5) is 5.69 Å². The molecular formula is C16H11N3O3. The van der Waals surface area contributed by atoms with Gasteiger partial charge in [-0.2, -0.15) is 5.10 Å². The summed E-state index contributed by atoms with van der Waals surface area (Å²) < 4.78 is 0. The first kappa shape index (κ1) is 14.9. The van der Waals surface area contributed by atoms with Crippen molar-refractivity contribution in [1.29, 1.82) is 0 Å². The zero-order chi connectivity index (χ0) is 15.8. The Bertz CT molecular complexity index is 774. The molecule has 0 atom stereocenters. The molecule has 2 aromatic rings. The third-order valence-corrected chi connectivity index (χ3v) is 2.63. The maximum atomic E-state index is 11.8. The lowest BCUT2D eigenvalue weighted by Crippen LogP contribution is -2.18. The van der Waals surface area contributed by atoms with Crippen molar-refractivity contribution in [1.82, 2.24) is 5.43 Å². The molecule has 0 aliphatic heterocycles. The van der Waals surface area contributed by atoms with Gasteiger partial charge in [0, 0.05) is 11.6 Å². The molecule has 6 heteroatoms. The average molecular weight is 293 g/mol. The Labute approximate surface area is 126 Å². The molecular weight excluding hydrogens is 282 g/mol. The van der Waals surface area contributed by atoms with Gasteiger partial charge in [0.15, 0.2) is 0 Å². The molecule has 0 saturated carbocycles. The Kier molecular flexibility index (Phi) is 5.00. The molecule has 6 nitrogen and oxygen atoms in total. The quantitative estimate of drug-likeness (QED) is 0.408. The van der Waals surface area contributed by atoms with Crippen LogP contribution in [0.15, 0.2) is 59.7 Å². The Morgan fingerprint density at radius 1 is 1.14 bits per heavy atom. The molecule has 0 spiro atoms. The number of nitrogens with zero attached hydrogens (tertiary/aromatic N) is 2. The maximum absolute atomic E-state index is 11.8. The van der Waals surface area contributed by atoms with Gasteiger partial charge in [0.05, 0.1) is 11.1 Å². The number of carbonyl (C=O) groups is 1. The van der Waals surface area contributed by atoms with Crippen molar-refractivity contribution in [2.24, 2.45) is 5.10 Å². The van der Waals surface area contributed by atoms with E-state index in [9.17, 15) is 14.9 Å². The van der Waals surface area contributed by atoms with Crippen molar-refractivity contribution in [3.8, 4) is 11.8 Å². The summed E-state index contributed by atoms with van der Waals surface area (Å²) >= 11 is 0. The summed E-state index contributed by atoms with van der Waals surface area (Å²) in [6, 6.07) is 14.9. The van der Waals surface area contributed by atoms with Crippen LogP contribution in [0.25, 0.3) is 0 Å². The monoisotopic (exact) mass is 293 g/mol. The van der Waals surface area contributed by atoms with E-state index < -0.39 is 10.8 Å². The summed E-state index contributed by atoms with van der Waals surface area (Å²) in [5.74, 6) is 4.82.